The van der Waals surface area contributed by atoms with Crippen LogP contribution in [0.25, 0.3) is 0 Å². The van der Waals surface area contributed by atoms with Gasteiger partial charge in [-0.25, -0.2) is 4.79 Å². The van der Waals surface area contributed by atoms with E-state index < -0.39 is 6.03 Å². The second kappa shape index (κ2) is 10.5. The highest BCUT2D eigenvalue weighted by Gasteiger charge is 2.23. The largest absolute Gasteiger partial charge is 0.360 e. The van der Waals surface area contributed by atoms with Gasteiger partial charge >= 0.3 is 6.03 Å². The van der Waals surface area contributed by atoms with E-state index in [0.29, 0.717) is 13.1 Å². The lowest BCUT2D eigenvalue weighted by Gasteiger charge is -2.33. The second-order valence-corrected chi connectivity index (χ2v) is 7.99. The maximum absolute atomic E-state index is 12.1. The van der Waals surface area contributed by atoms with Crippen molar-refractivity contribution in [2.45, 2.75) is 32.1 Å². The van der Waals surface area contributed by atoms with Gasteiger partial charge in [-0.3, -0.25) is 10.1 Å². The summed E-state index contributed by atoms with van der Waals surface area (Å²) >= 11 is 6.06. The average molecular weight is 406 g/mol. The van der Waals surface area contributed by atoms with E-state index in [0.717, 1.165) is 56.2 Å². The molecule has 3 N–H and O–H groups in total. The van der Waals surface area contributed by atoms with E-state index in [4.69, 9.17) is 11.6 Å². The lowest BCUT2D eigenvalue weighted by Crippen LogP contribution is -3.16. The van der Waals surface area contributed by atoms with Crippen LogP contribution < -0.4 is 20.4 Å². The Hall–Kier alpha value is -2.05. The lowest BCUT2D eigenvalue weighted by molar-refractivity contribution is -0.892. The summed E-state index contributed by atoms with van der Waals surface area (Å²) in [4.78, 5) is 27.5. The topological polar surface area (TPSA) is 65.9 Å². The molecule has 28 heavy (non-hydrogen) atoms. The number of quaternary nitrogens is 1. The zero-order chi connectivity index (χ0) is 19.8. The summed E-state index contributed by atoms with van der Waals surface area (Å²) in [5.41, 5.74) is 2.53. The number of nitrogens with zero attached hydrogens (tertiary/aromatic N) is 1. The molecule has 1 saturated heterocycles. The molecule has 0 saturated carbocycles. The minimum Gasteiger partial charge on any atom is -0.360 e. The number of hydrogen-bond donors (Lipinski definition) is 3. The monoisotopic (exact) mass is 405 g/mol. The number of nitrogens with one attached hydrogen (secondary N) is 3. The predicted molar refractivity (Wildman–Crippen MR) is 112 cm³/mol. The number of halogens is 1. The van der Waals surface area contributed by atoms with E-state index in [1.807, 2.05) is 18.2 Å². The first-order valence-corrected chi connectivity index (χ1v) is 10.6. The minimum atomic E-state index is -0.390. The third-order valence-corrected chi connectivity index (χ3v) is 5.66. The molecule has 3 amide bonds. The molecular weight excluding hydrogens is 376 g/mol. The number of anilines is 1. The van der Waals surface area contributed by atoms with Gasteiger partial charge in [-0.2, -0.15) is 0 Å². The Morgan fingerprint density at radius 1 is 1.18 bits per heavy atom. The minimum absolute atomic E-state index is 0.222. The molecule has 0 radical (unpaired) electrons. The van der Waals surface area contributed by atoms with Gasteiger partial charge < -0.3 is 15.1 Å². The highest BCUT2D eigenvalue weighted by Crippen LogP contribution is 2.20. The van der Waals surface area contributed by atoms with Gasteiger partial charge in [0.15, 0.2) is 6.54 Å². The first-order chi connectivity index (χ1) is 13.6. The van der Waals surface area contributed by atoms with Crippen molar-refractivity contribution >= 4 is 29.2 Å². The Balaban J connectivity index is 1.32. The molecule has 1 heterocycles. The number of imide groups is 1. The number of piperazine rings is 1. The fourth-order valence-corrected chi connectivity index (χ4v) is 4.03. The zero-order valence-electron chi connectivity index (χ0n) is 16.3. The summed E-state index contributed by atoms with van der Waals surface area (Å²) in [5.74, 6) is -0.222. The van der Waals surface area contributed by atoms with Crippen LogP contribution in [0.3, 0.4) is 0 Å². The average Bonchev–Trinajstić information content (AvgIpc) is 2.69. The van der Waals surface area contributed by atoms with E-state index in [1.165, 1.54) is 23.3 Å². The predicted octanol–water partition coefficient (Wildman–Crippen LogP) is 1.76. The molecule has 1 aliphatic heterocycles. The standard InChI is InChI=1S/C21H29ClN4O2/c22-18-7-4-8-19(15-18)26-13-11-25(12-14-26)16-20(27)24-21(28)23-10-9-17-5-2-1-3-6-17/h4-5,7-8,15H,1-3,6,9-14,16H2,(H2,23,24,27,28)/p+1. The maximum Gasteiger partial charge on any atom is 0.321 e. The van der Waals surface area contributed by atoms with Gasteiger partial charge in [0.2, 0.25) is 0 Å². The molecule has 6 nitrogen and oxygen atoms in total. The Kier molecular flexibility index (Phi) is 7.74. The summed E-state index contributed by atoms with van der Waals surface area (Å²) in [6.07, 6.45) is 7.94. The molecule has 3 rings (SSSR count). The van der Waals surface area contributed by atoms with Gasteiger partial charge in [0.1, 0.15) is 0 Å². The van der Waals surface area contributed by atoms with Gasteiger partial charge in [-0.1, -0.05) is 29.3 Å². The van der Waals surface area contributed by atoms with E-state index in [-0.39, 0.29) is 5.91 Å². The number of urea groups is 1. The Bertz CT molecular complexity index is 714. The van der Waals surface area contributed by atoms with Crippen LogP contribution in [-0.4, -0.2) is 51.2 Å². The van der Waals surface area contributed by atoms with Crippen molar-refractivity contribution in [1.29, 1.82) is 0 Å². The Labute approximate surface area is 171 Å². The molecule has 1 aliphatic carbocycles. The van der Waals surface area contributed by atoms with Gasteiger partial charge in [0.05, 0.1) is 26.2 Å². The SMILES string of the molecule is O=C(C[NH+]1CCN(c2cccc(Cl)c2)CC1)NC(=O)NCCC1=CCCCC1. The van der Waals surface area contributed by atoms with Crippen molar-refractivity contribution in [1.82, 2.24) is 10.6 Å². The van der Waals surface area contributed by atoms with Gasteiger partial charge in [-0.15, -0.1) is 0 Å². The van der Waals surface area contributed by atoms with Crippen molar-refractivity contribution in [2.24, 2.45) is 0 Å². The smallest absolute Gasteiger partial charge is 0.321 e. The summed E-state index contributed by atoms with van der Waals surface area (Å²) in [5, 5.41) is 5.98. The molecule has 7 heteroatoms. The normalized spacial score (nSPS) is 17.8. The van der Waals surface area contributed by atoms with Crippen molar-refractivity contribution in [3.05, 3.63) is 40.9 Å². The number of carbonyl (C=O) groups excluding carboxylic acids is 2. The lowest BCUT2D eigenvalue weighted by atomic mass is 9.97. The molecule has 0 spiro atoms. The summed E-state index contributed by atoms with van der Waals surface area (Å²) in [6.45, 7) is 4.35. The van der Waals surface area contributed by atoms with Gasteiger partial charge in [0, 0.05) is 17.3 Å². The van der Waals surface area contributed by atoms with Crippen molar-refractivity contribution in [2.75, 3.05) is 44.2 Å². The first-order valence-electron chi connectivity index (χ1n) is 10.2. The molecule has 0 unspecified atom stereocenters. The summed E-state index contributed by atoms with van der Waals surface area (Å²) in [7, 11) is 0. The van der Waals surface area contributed by atoms with Crippen molar-refractivity contribution in [3.63, 3.8) is 0 Å². The van der Waals surface area contributed by atoms with E-state index >= 15 is 0 Å². The quantitative estimate of drug-likeness (QED) is 0.632. The molecular formula is C21H30ClN4O2+. The number of rotatable bonds is 6. The molecule has 1 fully saturated rings. The fraction of sp³-hybridized carbons (Fsp3) is 0.524. The van der Waals surface area contributed by atoms with Crippen LogP contribution in [0.15, 0.2) is 35.9 Å². The van der Waals surface area contributed by atoms with E-state index in [2.05, 4.69) is 27.7 Å². The number of amides is 3. The number of hydrogen-bond acceptors (Lipinski definition) is 3. The summed E-state index contributed by atoms with van der Waals surface area (Å²) in [6, 6.07) is 7.45. The van der Waals surface area contributed by atoms with Crippen molar-refractivity contribution in [3.8, 4) is 0 Å². The van der Waals surface area contributed by atoms with Crippen LogP contribution in [0.4, 0.5) is 10.5 Å². The molecule has 0 atom stereocenters. The second-order valence-electron chi connectivity index (χ2n) is 7.56. The zero-order valence-corrected chi connectivity index (χ0v) is 17.1. The van der Waals surface area contributed by atoms with Crippen LogP contribution in [-0.2, 0) is 4.79 Å². The molecule has 0 bridgehead atoms. The third-order valence-electron chi connectivity index (χ3n) is 5.42. The molecule has 0 aromatic heterocycles. The van der Waals surface area contributed by atoms with Crippen LogP contribution in [0, 0.1) is 0 Å². The van der Waals surface area contributed by atoms with Crippen molar-refractivity contribution < 1.29 is 14.5 Å². The molecule has 2 aliphatic rings. The maximum atomic E-state index is 12.1. The van der Waals surface area contributed by atoms with Crippen LogP contribution in [0.2, 0.25) is 5.02 Å². The van der Waals surface area contributed by atoms with E-state index in [1.54, 1.807) is 0 Å². The van der Waals surface area contributed by atoms with Gasteiger partial charge in [0.25, 0.3) is 5.91 Å². The Morgan fingerprint density at radius 2 is 2.00 bits per heavy atom. The highest BCUT2D eigenvalue weighted by atomic mass is 35.5. The molecule has 1 aromatic rings. The van der Waals surface area contributed by atoms with Crippen LogP contribution in [0.5, 0.6) is 0 Å². The van der Waals surface area contributed by atoms with Gasteiger partial charge in [-0.05, 0) is 50.3 Å². The number of carbonyl (C=O) groups is 2. The number of allylic oxidation sites excluding steroid dienone is 1. The fourth-order valence-electron chi connectivity index (χ4n) is 3.84. The van der Waals surface area contributed by atoms with E-state index in [9.17, 15) is 9.59 Å². The molecule has 1 aromatic carbocycles. The summed E-state index contributed by atoms with van der Waals surface area (Å²) < 4.78 is 0. The van der Waals surface area contributed by atoms with Crippen LogP contribution >= 0.6 is 11.6 Å². The highest BCUT2D eigenvalue weighted by molar-refractivity contribution is 6.30. The van der Waals surface area contributed by atoms with Crippen LogP contribution in [0.1, 0.15) is 32.1 Å². The first kappa shape index (κ1) is 20.7. The number of benzene rings is 1. The molecule has 152 valence electrons. The Morgan fingerprint density at radius 3 is 2.71 bits per heavy atom. The third kappa shape index (κ3) is 6.53.